The maximum absolute atomic E-state index is 5.35. The molecular weight excluding hydrogens is 112 g/mol. The van der Waals surface area contributed by atoms with Gasteiger partial charge in [0.2, 0.25) is 0 Å². The molecule has 0 unspecified atom stereocenters. The quantitative estimate of drug-likeness (QED) is 0.557. The first-order chi connectivity index (χ1) is 4.13. The highest BCUT2D eigenvalue weighted by molar-refractivity contribution is 5.71. The van der Waals surface area contributed by atoms with Crippen LogP contribution in [0, 0.1) is 0 Å². The first-order valence-corrected chi connectivity index (χ1v) is 3.08. The number of nitrogens with two attached hydrogens (primary N) is 1. The normalized spacial score (nSPS) is 13.6. The van der Waals surface area contributed by atoms with E-state index in [-0.39, 0.29) is 0 Å². The monoisotopic (exact) mass is 126 g/mol. The average molecular weight is 126 g/mol. The second kappa shape index (κ2) is 4.13. The fourth-order valence-electron chi connectivity index (χ4n) is 0.333. The summed E-state index contributed by atoms with van der Waals surface area (Å²) in [4.78, 5) is 4.08. The summed E-state index contributed by atoms with van der Waals surface area (Å²) in [6.45, 7) is 5.89. The number of aliphatic imine (C=N–C) groups is 1. The van der Waals surface area contributed by atoms with Gasteiger partial charge in [-0.15, -0.1) is 0 Å². The Bertz CT molecular complexity index is 119. The van der Waals surface area contributed by atoms with E-state index in [1.54, 1.807) is 12.3 Å². The fourth-order valence-corrected chi connectivity index (χ4v) is 0.333. The van der Waals surface area contributed by atoms with Gasteiger partial charge < -0.3 is 5.73 Å². The first-order valence-electron chi connectivity index (χ1n) is 3.08. The van der Waals surface area contributed by atoms with E-state index in [4.69, 9.17) is 5.73 Å². The molecule has 0 amide bonds. The van der Waals surface area contributed by atoms with E-state index in [0.29, 0.717) is 6.04 Å². The standard InChI is InChI=1S/C7H14N2/c1-6(2)9-5-4-7(3)8/h4-6H,8H2,1-3H3. The number of hydrogen-bond acceptors (Lipinski definition) is 2. The largest absolute Gasteiger partial charge is 0.402 e. The van der Waals surface area contributed by atoms with Crippen LogP contribution < -0.4 is 5.73 Å². The average Bonchev–Trinajstić information content (AvgIpc) is 1.63. The van der Waals surface area contributed by atoms with Gasteiger partial charge in [0.25, 0.3) is 0 Å². The fraction of sp³-hybridized carbons (Fsp3) is 0.571. The molecule has 0 bridgehead atoms. The molecule has 52 valence electrons. The van der Waals surface area contributed by atoms with E-state index in [9.17, 15) is 0 Å². The third-order valence-corrected chi connectivity index (χ3v) is 0.722. The zero-order valence-electron chi connectivity index (χ0n) is 6.26. The second-order valence-corrected chi connectivity index (χ2v) is 2.30. The van der Waals surface area contributed by atoms with E-state index in [2.05, 4.69) is 4.99 Å². The Kier molecular flexibility index (Phi) is 3.76. The molecule has 2 N–H and O–H groups in total. The van der Waals surface area contributed by atoms with E-state index >= 15 is 0 Å². The Labute approximate surface area is 56.5 Å². The van der Waals surface area contributed by atoms with Gasteiger partial charge >= 0.3 is 0 Å². The van der Waals surface area contributed by atoms with Crippen LogP contribution in [0.2, 0.25) is 0 Å². The van der Waals surface area contributed by atoms with Crippen LogP contribution in [-0.2, 0) is 0 Å². The Morgan fingerprint density at radius 3 is 2.44 bits per heavy atom. The molecule has 0 fully saturated rings. The zero-order valence-corrected chi connectivity index (χ0v) is 6.26. The molecule has 0 aromatic carbocycles. The van der Waals surface area contributed by atoms with Gasteiger partial charge in [-0.25, -0.2) is 0 Å². The number of nitrogens with zero attached hydrogens (tertiary/aromatic N) is 1. The summed E-state index contributed by atoms with van der Waals surface area (Å²) >= 11 is 0. The predicted octanol–water partition coefficient (Wildman–Crippen LogP) is 1.33. The molecule has 0 saturated heterocycles. The van der Waals surface area contributed by atoms with Crippen molar-refractivity contribution in [1.29, 1.82) is 0 Å². The number of allylic oxidation sites excluding steroid dienone is 2. The van der Waals surface area contributed by atoms with Crippen LogP contribution >= 0.6 is 0 Å². The summed E-state index contributed by atoms with van der Waals surface area (Å²) < 4.78 is 0. The molecule has 0 spiro atoms. The van der Waals surface area contributed by atoms with Crippen molar-refractivity contribution >= 4 is 6.21 Å². The lowest BCUT2D eigenvalue weighted by molar-refractivity contribution is 0.841. The lowest BCUT2D eigenvalue weighted by atomic mass is 10.4. The molecule has 0 atom stereocenters. The molecule has 2 heteroatoms. The van der Waals surface area contributed by atoms with Crippen LogP contribution in [-0.4, -0.2) is 12.3 Å². The smallest absolute Gasteiger partial charge is 0.0443 e. The highest BCUT2D eigenvalue weighted by atomic mass is 14.7. The Morgan fingerprint density at radius 2 is 2.11 bits per heavy atom. The first kappa shape index (κ1) is 8.21. The summed E-state index contributed by atoms with van der Waals surface area (Å²) in [7, 11) is 0. The minimum absolute atomic E-state index is 0.362. The van der Waals surface area contributed by atoms with Crippen molar-refractivity contribution in [2.24, 2.45) is 10.7 Å². The highest BCUT2D eigenvalue weighted by Gasteiger charge is 1.79. The van der Waals surface area contributed by atoms with Gasteiger partial charge in [-0.2, -0.15) is 0 Å². The van der Waals surface area contributed by atoms with Gasteiger partial charge in [-0.1, -0.05) is 0 Å². The maximum atomic E-state index is 5.35. The van der Waals surface area contributed by atoms with E-state index in [1.165, 1.54) is 0 Å². The minimum atomic E-state index is 0.362. The van der Waals surface area contributed by atoms with Crippen LogP contribution in [0.5, 0.6) is 0 Å². The van der Waals surface area contributed by atoms with Gasteiger partial charge in [0.1, 0.15) is 0 Å². The molecule has 0 aromatic heterocycles. The Morgan fingerprint density at radius 1 is 1.56 bits per heavy atom. The number of hydrogen-bond donors (Lipinski definition) is 1. The van der Waals surface area contributed by atoms with Gasteiger partial charge in [-0.3, -0.25) is 4.99 Å². The molecular formula is C7H14N2. The van der Waals surface area contributed by atoms with Gasteiger partial charge in [0.05, 0.1) is 0 Å². The molecule has 0 heterocycles. The minimum Gasteiger partial charge on any atom is -0.402 e. The van der Waals surface area contributed by atoms with Crippen molar-refractivity contribution in [2.75, 3.05) is 0 Å². The molecule has 9 heavy (non-hydrogen) atoms. The summed E-state index contributed by atoms with van der Waals surface area (Å²) in [5.41, 5.74) is 6.14. The van der Waals surface area contributed by atoms with Crippen molar-refractivity contribution < 1.29 is 0 Å². The molecule has 0 saturated carbocycles. The molecule has 0 aliphatic carbocycles. The van der Waals surface area contributed by atoms with E-state index in [1.807, 2.05) is 20.8 Å². The number of rotatable bonds is 2. The van der Waals surface area contributed by atoms with Gasteiger partial charge in [0, 0.05) is 18.0 Å². The van der Waals surface area contributed by atoms with E-state index < -0.39 is 0 Å². The molecule has 0 aliphatic rings. The summed E-state index contributed by atoms with van der Waals surface area (Å²) in [5, 5.41) is 0. The van der Waals surface area contributed by atoms with Crippen LogP contribution in [0.3, 0.4) is 0 Å². The third-order valence-electron chi connectivity index (χ3n) is 0.722. The molecule has 0 radical (unpaired) electrons. The van der Waals surface area contributed by atoms with Crippen molar-refractivity contribution in [3.8, 4) is 0 Å². The van der Waals surface area contributed by atoms with Gasteiger partial charge in [0.15, 0.2) is 0 Å². The highest BCUT2D eigenvalue weighted by Crippen LogP contribution is 1.83. The van der Waals surface area contributed by atoms with Crippen LogP contribution in [0.15, 0.2) is 16.8 Å². The Hall–Kier alpha value is -0.790. The maximum Gasteiger partial charge on any atom is 0.0443 e. The van der Waals surface area contributed by atoms with Crippen LogP contribution in [0.4, 0.5) is 0 Å². The van der Waals surface area contributed by atoms with Crippen molar-refractivity contribution in [1.82, 2.24) is 0 Å². The summed E-state index contributed by atoms with van der Waals surface area (Å²) in [6.07, 6.45) is 3.53. The predicted molar refractivity (Wildman–Crippen MR) is 41.6 cm³/mol. The summed E-state index contributed by atoms with van der Waals surface area (Å²) in [6, 6.07) is 0.362. The SMILES string of the molecule is CC(N)=CC=NC(C)C. The molecule has 0 aliphatic heterocycles. The van der Waals surface area contributed by atoms with E-state index in [0.717, 1.165) is 5.70 Å². The van der Waals surface area contributed by atoms with Gasteiger partial charge in [-0.05, 0) is 26.8 Å². The topological polar surface area (TPSA) is 38.4 Å². The molecule has 0 aromatic rings. The van der Waals surface area contributed by atoms with Crippen molar-refractivity contribution in [3.05, 3.63) is 11.8 Å². The third kappa shape index (κ3) is 7.21. The Balaban J connectivity index is 3.60. The van der Waals surface area contributed by atoms with Crippen molar-refractivity contribution in [3.63, 3.8) is 0 Å². The zero-order chi connectivity index (χ0) is 7.28. The lowest BCUT2D eigenvalue weighted by Crippen LogP contribution is -1.92. The van der Waals surface area contributed by atoms with Crippen molar-refractivity contribution in [2.45, 2.75) is 26.8 Å². The summed E-state index contributed by atoms with van der Waals surface area (Å²) in [5.74, 6) is 0. The molecule has 0 rings (SSSR count). The molecule has 2 nitrogen and oxygen atoms in total. The second-order valence-electron chi connectivity index (χ2n) is 2.30. The van der Waals surface area contributed by atoms with Crippen LogP contribution in [0.25, 0.3) is 0 Å². The lowest BCUT2D eigenvalue weighted by Gasteiger charge is -1.90. The van der Waals surface area contributed by atoms with Crippen LogP contribution in [0.1, 0.15) is 20.8 Å².